The molecule has 0 unspecified atom stereocenters. The summed E-state index contributed by atoms with van der Waals surface area (Å²) in [7, 11) is 1.50. The van der Waals surface area contributed by atoms with Gasteiger partial charge in [0.2, 0.25) is 5.88 Å². The molecule has 5 heteroatoms. The largest absolute Gasteiger partial charge is 0.479 e. The Balaban J connectivity index is 3.04. The monoisotopic (exact) mass is 166 g/mol. The van der Waals surface area contributed by atoms with E-state index in [-0.39, 0.29) is 0 Å². The number of hydrogen-bond acceptors (Lipinski definition) is 5. The molecule has 0 aliphatic heterocycles. The summed E-state index contributed by atoms with van der Waals surface area (Å²) in [4.78, 5) is 7.69. The fourth-order valence-electron chi connectivity index (χ4n) is 0.754. The Hall–Kier alpha value is -1.78. The molecule has 0 fully saturated rings. The third kappa shape index (κ3) is 1.45. The number of rotatable bonds is 3. The van der Waals surface area contributed by atoms with Crippen LogP contribution in [-0.2, 0) is 0 Å². The molecule has 3 N–H and O–H groups in total. The lowest BCUT2D eigenvalue weighted by Gasteiger charge is -2.06. The van der Waals surface area contributed by atoms with Crippen molar-refractivity contribution in [2.45, 2.75) is 0 Å². The van der Waals surface area contributed by atoms with Gasteiger partial charge in [-0.15, -0.1) is 0 Å². The van der Waals surface area contributed by atoms with Crippen molar-refractivity contribution in [1.29, 1.82) is 0 Å². The van der Waals surface area contributed by atoms with Gasteiger partial charge in [-0.2, -0.15) is 4.98 Å². The van der Waals surface area contributed by atoms with Gasteiger partial charge in [-0.1, -0.05) is 6.58 Å². The molecule has 0 saturated carbocycles. The highest BCUT2D eigenvalue weighted by Crippen LogP contribution is 2.23. The quantitative estimate of drug-likeness (QED) is 0.688. The normalized spacial score (nSPS) is 9.08. The van der Waals surface area contributed by atoms with Crippen molar-refractivity contribution in [3.05, 3.63) is 19.1 Å². The van der Waals surface area contributed by atoms with Gasteiger partial charge >= 0.3 is 0 Å². The summed E-state index contributed by atoms with van der Waals surface area (Å²) in [6, 6.07) is 0. The zero-order chi connectivity index (χ0) is 8.97. The van der Waals surface area contributed by atoms with Crippen molar-refractivity contribution in [3.8, 4) is 5.88 Å². The number of ether oxygens (including phenoxy) is 1. The van der Waals surface area contributed by atoms with E-state index in [0.29, 0.717) is 17.4 Å². The first-order valence-electron chi connectivity index (χ1n) is 3.31. The molecule has 0 aliphatic carbocycles. The maximum absolute atomic E-state index is 5.62. The van der Waals surface area contributed by atoms with Crippen LogP contribution >= 0.6 is 0 Å². The first-order chi connectivity index (χ1) is 5.79. The van der Waals surface area contributed by atoms with Crippen LogP contribution in [0.1, 0.15) is 0 Å². The zero-order valence-electron chi connectivity index (χ0n) is 6.74. The summed E-state index contributed by atoms with van der Waals surface area (Å²) in [5, 5.41) is 2.76. The van der Waals surface area contributed by atoms with Crippen LogP contribution in [0.2, 0.25) is 0 Å². The molecule has 1 rings (SSSR count). The van der Waals surface area contributed by atoms with Crippen molar-refractivity contribution >= 4 is 11.5 Å². The van der Waals surface area contributed by atoms with Gasteiger partial charge in [0, 0.05) is 0 Å². The molecule has 0 aromatic carbocycles. The first kappa shape index (κ1) is 8.32. The van der Waals surface area contributed by atoms with Gasteiger partial charge in [0.15, 0.2) is 5.82 Å². The second-order valence-electron chi connectivity index (χ2n) is 1.99. The van der Waals surface area contributed by atoms with Gasteiger partial charge in [-0.3, -0.25) is 0 Å². The van der Waals surface area contributed by atoms with E-state index in [1.54, 1.807) is 0 Å². The minimum atomic E-state index is 0.356. The summed E-state index contributed by atoms with van der Waals surface area (Å²) >= 11 is 0. The van der Waals surface area contributed by atoms with E-state index in [4.69, 9.17) is 10.5 Å². The van der Waals surface area contributed by atoms with Crippen molar-refractivity contribution in [2.75, 3.05) is 18.2 Å². The van der Waals surface area contributed by atoms with Crippen molar-refractivity contribution in [1.82, 2.24) is 9.97 Å². The Morgan fingerprint density at radius 3 is 3.00 bits per heavy atom. The molecule has 0 aliphatic rings. The number of nitrogens with zero attached hydrogens (tertiary/aromatic N) is 2. The predicted molar refractivity (Wildman–Crippen MR) is 46.8 cm³/mol. The van der Waals surface area contributed by atoms with Crippen LogP contribution in [0.15, 0.2) is 19.1 Å². The molecule has 1 heterocycles. The van der Waals surface area contributed by atoms with Crippen LogP contribution in [0.25, 0.3) is 0 Å². The number of nitrogen functional groups attached to an aromatic ring is 1. The van der Waals surface area contributed by atoms with E-state index in [1.165, 1.54) is 19.6 Å². The Kier molecular flexibility index (Phi) is 2.47. The molecule has 0 atom stereocenters. The van der Waals surface area contributed by atoms with Crippen molar-refractivity contribution in [2.24, 2.45) is 0 Å². The fourth-order valence-corrected chi connectivity index (χ4v) is 0.754. The summed E-state index contributed by atoms with van der Waals surface area (Å²) in [6.45, 7) is 3.48. The minimum absolute atomic E-state index is 0.356. The molecule has 5 nitrogen and oxygen atoms in total. The molecular weight excluding hydrogens is 156 g/mol. The van der Waals surface area contributed by atoms with E-state index in [9.17, 15) is 0 Å². The van der Waals surface area contributed by atoms with Crippen LogP contribution in [0.3, 0.4) is 0 Å². The SMILES string of the molecule is C=CNc1ncnc(OC)c1N. The molecule has 12 heavy (non-hydrogen) atoms. The Morgan fingerprint density at radius 2 is 2.42 bits per heavy atom. The van der Waals surface area contributed by atoms with Gasteiger partial charge in [-0.25, -0.2) is 4.98 Å². The third-order valence-corrected chi connectivity index (χ3v) is 1.28. The maximum atomic E-state index is 5.62. The molecule has 1 aromatic heterocycles. The van der Waals surface area contributed by atoms with E-state index in [2.05, 4.69) is 21.9 Å². The van der Waals surface area contributed by atoms with E-state index in [0.717, 1.165) is 0 Å². The van der Waals surface area contributed by atoms with Crippen molar-refractivity contribution < 1.29 is 4.74 Å². The highest BCUT2D eigenvalue weighted by molar-refractivity contribution is 5.67. The third-order valence-electron chi connectivity index (χ3n) is 1.28. The van der Waals surface area contributed by atoms with Crippen LogP contribution < -0.4 is 15.8 Å². The number of hydrogen-bond donors (Lipinski definition) is 2. The molecule has 0 saturated heterocycles. The zero-order valence-corrected chi connectivity index (χ0v) is 6.74. The topological polar surface area (TPSA) is 73.1 Å². The maximum Gasteiger partial charge on any atom is 0.242 e. The molecule has 0 radical (unpaired) electrons. The predicted octanol–water partition coefficient (Wildman–Crippen LogP) is 0.623. The number of anilines is 2. The van der Waals surface area contributed by atoms with Gasteiger partial charge in [0.1, 0.15) is 12.0 Å². The van der Waals surface area contributed by atoms with Gasteiger partial charge in [0.05, 0.1) is 7.11 Å². The lowest BCUT2D eigenvalue weighted by Crippen LogP contribution is -2.01. The van der Waals surface area contributed by atoms with Gasteiger partial charge in [-0.05, 0) is 6.20 Å². The number of nitrogens with two attached hydrogens (primary N) is 1. The van der Waals surface area contributed by atoms with Crippen LogP contribution in [0, 0.1) is 0 Å². The van der Waals surface area contributed by atoms with Gasteiger partial charge < -0.3 is 15.8 Å². The summed E-state index contributed by atoms with van der Waals surface area (Å²) < 4.78 is 4.88. The molecular formula is C7H10N4O. The average Bonchev–Trinajstić information content (AvgIpc) is 2.09. The molecule has 0 spiro atoms. The fraction of sp³-hybridized carbons (Fsp3) is 0.143. The number of methoxy groups -OCH3 is 1. The Bertz CT molecular complexity index is 287. The second-order valence-corrected chi connectivity index (χ2v) is 1.99. The van der Waals surface area contributed by atoms with Crippen LogP contribution in [0.4, 0.5) is 11.5 Å². The Labute approximate surface area is 70.3 Å². The van der Waals surface area contributed by atoms with Gasteiger partial charge in [0.25, 0.3) is 0 Å². The molecule has 0 amide bonds. The Morgan fingerprint density at radius 1 is 1.67 bits per heavy atom. The van der Waals surface area contributed by atoms with E-state index < -0.39 is 0 Å². The average molecular weight is 166 g/mol. The summed E-state index contributed by atoms with van der Waals surface area (Å²) in [5.74, 6) is 0.853. The van der Waals surface area contributed by atoms with Crippen LogP contribution in [0.5, 0.6) is 5.88 Å². The second kappa shape index (κ2) is 3.56. The lowest BCUT2D eigenvalue weighted by atomic mass is 10.4. The van der Waals surface area contributed by atoms with E-state index >= 15 is 0 Å². The standard InChI is InChI=1S/C7H10N4O/c1-3-9-6-5(8)7(12-2)11-4-10-6/h3-4H,1,8H2,2H3,(H,9,10,11). The number of aromatic nitrogens is 2. The lowest BCUT2D eigenvalue weighted by molar-refractivity contribution is 0.399. The molecule has 64 valence electrons. The molecule has 0 bridgehead atoms. The molecule has 1 aromatic rings. The minimum Gasteiger partial charge on any atom is -0.479 e. The summed E-state index contributed by atoms with van der Waals surface area (Å²) in [6.07, 6.45) is 2.85. The number of nitrogens with one attached hydrogen (secondary N) is 1. The van der Waals surface area contributed by atoms with E-state index in [1.807, 2.05) is 0 Å². The highest BCUT2D eigenvalue weighted by Gasteiger charge is 2.05. The van der Waals surface area contributed by atoms with Crippen molar-refractivity contribution in [3.63, 3.8) is 0 Å². The highest BCUT2D eigenvalue weighted by atomic mass is 16.5. The smallest absolute Gasteiger partial charge is 0.242 e. The summed E-state index contributed by atoms with van der Waals surface area (Å²) in [5.41, 5.74) is 5.99. The van der Waals surface area contributed by atoms with Crippen LogP contribution in [-0.4, -0.2) is 17.1 Å². The first-order valence-corrected chi connectivity index (χ1v) is 3.31.